The van der Waals surface area contributed by atoms with Crippen LogP contribution in [-0.2, 0) is 11.2 Å². The Balaban J connectivity index is 1.56. The standard InChI is InChI=1S/C27H33F2N5O4/c1-7-8-20(35)18-13-31-34-10-9-21(33-24(18)34)32-15(2)16-11-19(28)22(29)17-12-27(6,37-23(16)17)14-30-25(36)38-26(3,4)5/h9-11,13,15H,7-8,12,14H2,1-6H3,(H,30,36)(H,32,33)/t15-,27?/m1/s1. The van der Waals surface area contributed by atoms with E-state index in [0.717, 1.165) is 6.07 Å². The summed E-state index contributed by atoms with van der Waals surface area (Å²) in [6.07, 6.45) is 3.69. The monoisotopic (exact) mass is 529 g/mol. The molecule has 0 radical (unpaired) electrons. The maximum atomic E-state index is 14.8. The predicted molar refractivity (Wildman–Crippen MR) is 138 cm³/mol. The Kier molecular flexibility index (Phi) is 7.31. The number of halogens is 2. The molecule has 0 saturated carbocycles. The third-order valence-corrected chi connectivity index (χ3v) is 6.18. The molecular formula is C27H33F2N5O4. The summed E-state index contributed by atoms with van der Waals surface area (Å²) in [4.78, 5) is 29.1. The van der Waals surface area contributed by atoms with Gasteiger partial charge in [0.15, 0.2) is 23.1 Å². The number of Topliss-reactive ketones (excluding diaryl/α,β-unsaturated/α-hetero) is 1. The minimum atomic E-state index is -1.01. The predicted octanol–water partition coefficient (Wildman–Crippen LogP) is 5.38. The van der Waals surface area contributed by atoms with E-state index in [1.807, 2.05) is 6.92 Å². The van der Waals surface area contributed by atoms with E-state index < -0.39 is 35.0 Å². The van der Waals surface area contributed by atoms with Crippen LogP contribution in [0.25, 0.3) is 5.65 Å². The van der Waals surface area contributed by atoms with Crippen molar-refractivity contribution in [2.45, 2.75) is 78.0 Å². The summed E-state index contributed by atoms with van der Waals surface area (Å²) in [6, 6.07) is 2.25. The third kappa shape index (κ3) is 5.71. The van der Waals surface area contributed by atoms with Crippen molar-refractivity contribution < 1.29 is 27.8 Å². The van der Waals surface area contributed by atoms with Crippen LogP contribution in [0.5, 0.6) is 5.75 Å². The minimum absolute atomic E-state index is 0.0346. The summed E-state index contributed by atoms with van der Waals surface area (Å²) in [5.41, 5.74) is -0.342. The SMILES string of the molecule is CCCC(=O)c1cnn2ccc(N[C@H](C)c3cc(F)c(F)c4c3OC(C)(CNC(=O)OC(C)(C)C)C4)nc12. The van der Waals surface area contributed by atoms with E-state index in [1.165, 1.54) is 10.7 Å². The van der Waals surface area contributed by atoms with Gasteiger partial charge in [0, 0.05) is 30.2 Å². The Bertz CT molecular complexity index is 1380. The fourth-order valence-corrected chi connectivity index (χ4v) is 4.42. The molecule has 0 aliphatic carbocycles. The number of fused-ring (bicyclic) bond motifs is 2. The van der Waals surface area contributed by atoms with Crippen LogP contribution < -0.4 is 15.4 Å². The summed E-state index contributed by atoms with van der Waals surface area (Å²) in [5.74, 6) is -1.36. The maximum Gasteiger partial charge on any atom is 0.407 e. The molecular weight excluding hydrogens is 496 g/mol. The van der Waals surface area contributed by atoms with Crippen molar-refractivity contribution in [2.75, 3.05) is 11.9 Å². The van der Waals surface area contributed by atoms with Gasteiger partial charge in [-0.1, -0.05) is 6.92 Å². The third-order valence-electron chi connectivity index (χ3n) is 6.18. The molecule has 3 aromatic rings. The second-order valence-corrected chi connectivity index (χ2v) is 10.8. The molecule has 0 fully saturated rings. The number of ketones is 1. The molecule has 2 atom stereocenters. The molecule has 3 heterocycles. The van der Waals surface area contributed by atoms with Crippen molar-refractivity contribution in [1.29, 1.82) is 0 Å². The minimum Gasteiger partial charge on any atom is -0.485 e. The molecule has 0 saturated heterocycles. The highest BCUT2D eigenvalue weighted by atomic mass is 19.2. The molecule has 2 aromatic heterocycles. The number of amides is 1. The summed E-state index contributed by atoms with van der Waals surface area (Å²) in [6.45, 7) is 10.7. The lowest BCUT2D eigenvalue weighted by Crippen LogP contribution is -2.45. The number of carbonyl (C=O) groups excluding carboxylic acids is 2. The van der Waals surface area contributed by atoms with E-state index in [9.17, 15) is 18.4 Å². The zero-order valence-electron chi connectivity index (χ0n) is 22.4. The highest BCUT2D eigenvalue weighted by Gasteiger charge is 2.40. The number of rotatable bonds is 8. The second-order valence-electron chi connectivity index (χ2n) is 10.8. The van der Waals surface area contributed by atoms with Gasteiger partial charge in [-0.05, 0) is 53.2 Å². The van der Waals surface area contributed by atoms with Crippen molar-refractivity contribution >= 4 is 23.3 Å². The van der Waals surface area contributed by atoms with E-state index in [0.29, 0.717) is 35.4 Å². The van der Waals surface area contributed by atoms with Crippen LogP contribution in [0.1, 0.15) is 81.9 Å². The quantitative estimate of drug-likeness (QED) is 0.377. The number of ether oxygens (including phenoxy) is 2. The number of anilines is 1. The topological polar surface area (TPSA) is 107 Å². The van der Waals surface area contributed by atoms with Crippen molar-refractivity contribution in [3.8, 4) is 5.75 Å². The Labute approximate surface area is 219 Å². The van der Waals surface area contributed by atoms with Gasteiger partial charge in [0.1, 0.15) is 22.8 Å². The lowest BCUT2D eigenvalue weighted by Gasteiger charge is -2.27. The number of nitrogens with one attached hydrogen (secondary N) is 2. The summed E-state index contributed by atoms with van der Waals surface area (Å²) in [5, 5.41) is 10.0. The molecule has 11 heteroatoms. The molecule has 1 amide bonds. The molecule has 2 N–H and O–H groups in total. The molecule has 1 unspecified atom stereocenters. The van der Waals surface area contributed by atoms with Crippen LogP contribution in [0.2, 0.25) is 0 Å². The fraction of sp³-hybridized carbons (Fsp3) is 0.481. The van der Waals surface area contributed by atoms with Gasteiger partial charge in [-0.2, -0.15) is 5.10 Å². The van der Waals surface area contributed by atoms with E-state index in [4.69, 9.17) is 9.47 Å². The van der Waals surface area contributed by atoms with Crippen molar-refractivity contribution in [2.24, 2.45) is 0 Å². The van der Waals surface area contributed by atoms with Crippen LogP contribution >= 0.6 is 0 Å². The summed E-state index contributed by atoms with van der Waals surface area (Å²) in [7, 11) is 0. The molecule has 1 aromatic carbocycles. The second kappa shape index (κ2) is 10.2. The Hall–Kier alpha value is -3.76. The van der Waals surface area contributed by atoms with Gasteiger partial charge in [-0.3, -0.25) is 4.79 Å². The smallest absolute Gasteiger partial charge is 0.407 e. The zero-order chi connectivity index (χ0) is 27.8. The first kappa shape index (κ1) is 27.3. The highest BCUT2D eigenvalue weighted by Crippen LogP contribution is 2.43. The number of nitrogens with zero attached hydrogens (tertiary/aromatic N) is 3. The zero-order valence-corrected chi connectivity index (χ0v) is 22.4. The molecule has 1 aliphatic heterocycles. The largest absolute Gasteiger partial charge is 0.485 e. The van der Waals surface area contributed by atoms with Crippen LogP contribution in [0.3, 0.4) is 0 Å². The summed E-state index contributed by atoms with van der Waals surface area (Å²) >= 11 is 0. The number of alkyl carbamates (subject to hydrolysis) is 1. The van der Waals surface area contributed by atoms with Crippen molar-refractivity contribution in [3.05, 3.63) is 52.9 Å². The first-order valence-electron chi connectivity index (χ1n) is 12.6. The van der Waals surface area contributed by atoms with E-state index >= 15 is 0 Å². The number of hydrogen-bond donors (Lipinski definition) is 2. The van der Waals surface area contributed by atoms with E-state index in [2.05, 4.69) is 20.7 Å². The highest BCUT2D eigenvalue weighted by molar-refractivity contribution is 6.01. The Morgan fingerprint density at radius 1 is 1.32 bits per heavy atom. The fourth-order valence-electron chi connectivity index (χ4n) is 4.42. The molecule has 1 aliphatic rings. The normalized spacial score (nSPS) is 17.6. The molecule has 0 spiro atoms. The Morgan fingerprint density at radius 2 is 2.05 bits per heavy atom. The summed E-state index contributed by atoms with van der Waals surface area (Å²) < 4.78 is 42.4. The van der Waals surface area contributed by atoms with Gasteiger partial charge < -0.3 is 20.1 Å². The van der Waals surface area contributed by atoms with Gasteiger partial charge in [-0.25, -0.2) is 23.1 Å². The number of carbonyl (C=O) groups is 2. The molecule has 0 bridgehead atoms. The Morgan fingerprint density at radius 3 is 2.74 bits per heavy atom. The van der Waals surface area contributed by atoms with Crippen LogP contribution in [-0.4, -0.2) is 44.2 Å². The van der Waals surface area contributed by atoms with Gasteiger partial charge in [0.05, 0.1) is 24.3 Å². The van der Waals surface area contributed by atoms with Crippen LogP contribution in [0.4, 0.5) is 19.4 Å². The lowest BCUT2D eigenvalue weighted by atomic mass is 9.96. The van der Waals surface area contributed by atoms with E-state index in [-0.39, 0.29) is 30.1 Å². The average molecular weight is 530 g/mol. The molecule has 38 heavy (non-hydrogen) atoms. The molecule has 204 valence electrons. The van der Waals surface area contributed by atoms with Crippen LogP contribution in [0.15, 0.2) is 24.5 Å². The molecule has 9 nitrogen and oxygen atoms in total. The lowest BCUT2D eigenvalue weighted by molar-refractivity contribution is 0.0447. The van der Waals surface area contributed by atoms with Gasteiger partial charge in [-0.15, -0.1) is 0 Å². The van der Waals surface area contributed by atoms with E-state index in [1.54, 1.807) is 46.9 Å². The molecule has 4 rings (SSSR count). The number of aromatic nitrogens is 3. The van der Waals surface area contributed by atoms with Crippen molar-refractivity contribution in [1.82, 2.24) is 19.9 Å². The number of hydrogen-bond acceptors (Lipinski definition) is 7. The van der Waals surface area contributed by atoms with Gasteiger partial charge >= 0.3 is 6.09 Å². The maximum absolute atomic E-state index is 14.8. The first-order valence-corrected chi connectivity index (χ1v) is 12.6. The first-order chi connectivity index (χ1) is 17.8. The van der Waals surface area contributed by atoms with Crippen LogP contribution in [0, 0.1) is 11.6 Å². The van der Waals surface area contributed by atoms with Crippen molar-refractivity contribution in [3.63, 3.8) is 0 Å². The number of benzene rings is 1. The van der Waals surface area contributed by atoms with Gasteiger partial charge in [0.2, 0.25) is 0 Å². The average Bonchev–Trinajstić information content (AvgIpc) is 3.40. The van der Waals surface area contributed by atoms with Gasteiger partial charge in [0.25, 0.3) is 0 Å².